The first-order valence-electron chi connectivity index (χ1n) is 4.03. The maximum Gasteiger partial charge on any atom is 0.314 e. The minimum Gasteiger partial charge on any atom is -0.398 e. The number of nitrogen functional groups attached to an aromatic ring is 1. The molecule has 13 heavy (non-hydrogen) atoms. The quantitative estimate of drug-likeness (QED) is 0.585. The van der Waals surface area contributed by atoms with Gasteiger partial charge in [-0.15, -0.1) is 0 Å². The van der Waals surface area contributed by atoms with Crippen molar-refractivity contribution in [1.82, 2.24) is 10.6 Å². The number of rotatable bonds is 2. The molecule has 2 amide bonds. The summed E-state index contributed by atoms with van der Waals surface area (Å²) in [7, 11) is 1.57. The lowest BCUT2D eigenvalue weighted by Gasteiger charge is -2.06. The van der Waals surface area contributed by atoms with Crippen LogP contribution in [0.25, 0.3) is 0 Å². The molecule has 0 saturated heterocycles. The third-order valence-electron chi connectivity index (χ3n) is 1.72. The molecule has 0 spiro atoms. The van der Waals surface area contributed by atoms with Gasteiger partial charge in [0.25, 0.3) is 0 Å². The van der Waals surface area contributed by atoms with Crippen molar-refractivity contribution in [1.29, 1.82) is 0 Å². The van der Waals surface area contributed by atoms with E-state index >= 15 is 0 Å². The van der Waals surface area contributed by atoms with Crippen molar-refractivity contribution in [2.24, 2.45) is 0 Å². The van der Waals surface area contributed by atoms with Gasteiger partial charge in [0.15, 0.2) is 0 Å². The highest BCUT2D eigenvalue weighted by Gasteiger charge is 1.99. The second kappa shape index (κ2) is 4.35. The monoisotopic (exact) mass is 179 g/mol. The van der Waals surface area contributed by atoms with E-state index in [1.165, 1.54) is 0 Å². The number of benzene rings is 1. The second-order valence-electron chi connectivity index (χ2n) is 2.63. The van der Waals surface area contributed by atoms with Crippen molar-refractivity contribution in [3.8, 4) is 0 Å². The smallest absolute Gasteiger partial charge is 0.314 e. The van der Waals surface area contributed by atoms with Gasteiger partial charge < -0.3 is 16.4 Å². The van der Waals surface area contributed by atoms with E-state index in [-0.39, 0.29) is 6.03 Å². The summed E-state index contributed by atoms with van der Waals surface area (Å²) in [5, 5.41) is 5.12. The summed E-state index contributed by atoms with van der Waals surface area (Å²) in [6, 6.07) is 7.23. The average Bonchev–Trinajstić information content (AvgIpc) is 2.16. The van der Waals surface area contributed by atoms with Crippen LogP contribution in [0.4, 0.5) is 10.5 Å². The van der Waals surface area contributed by atoms with E-state index < -0.39 is 0 Å². The lowest BCUT2D eigenvalue weighted by Crippen LogP contribution is -2.32. The Labute approximate surface area is 77.1 Å². The molecule has 1 aromatic carbocycles. The molecular formula is C9H13N3O. The molecule has 0 unspecified atom stereocenters. The van der Waals surface area contributed by atoms with E-state index in [1.54, 1.807) is 13.1 Å². The number of nitrogens with one attached hydrogen (secondary N) is 2. The highest BCUT2D eigenvalue weighted by molar-refractivity contribution is 5.73. The largest absolute Gasteiger partial charge is 0.398 e. The van der Waals surface area contributed by atoms with E-state index in [0.29, 0.717) is 12.2 Å². The van der Waals surface area contributed by atoms with Gasteiger partial charge in [0.2, 0.25) is 0 Å². The molecule has 0 aliphatic rings. The number of para-hydroxylation sites is 1. The topological polar surface area (TPSA) is 67.2 Å². The van der Waals surface area contributed by atoms with E-state index in [4.69, 9.17) is 5.73 Å². The normalized spacial score (nSPS) is 9.31. The van der Waals surface area contributed by atoms with Gasteiger partial charge in [-0.3, -0.25) is 0 Å². The first-order valence-corrected chi connectivity index (χ1v) is 4.03. The lowest BCUT2D eigenvalue weighted by molar-refractivity contribution is 0.242. The number of amides is 2. The van der Waals surface area contributed by atoms with Crippen LogP contribution in [0.1, 0.15) is 5.56 Å². The van der Waals surface area contributed by atoms with Gasteiger partial charge in [-0.2, -0.15) is 0 Å². The van der Waals surface area contributed by atoms with Crippen LogP contribution in [0, 0.1) is 0 Å². The zero-order valence-corrected chi connectivity index (χ0v) is 7.50. The van der Waals surface area contributed by atoms with Crippen LogP contribution in [-0.2, 0) is 6.54 Å². The van der Waals surface area contributed by atoms with Crippen molar-refractivity contribution < 1.29 is 4.79 Å². The first-order chi connectivity index (χ1) is 6.24. The second-order valence-corrected chi connectivity index (χ2v) is 2.63. The van der Waals surface area contributed by atoms with Crippen molar-refractivity contribution in [2.45, 2.75) is 6.54 Å². The highest BCUT2D eigenvalue weighted by Crippen LogP contribution is 2.09. The lowest BCUT2D eigenvalue weighted by atomic mass is 10.2. The molecule has 4 heteroatoms. The van der Waals surface area contributed by atoms with Crippen molar-refractivity contribution >= 4 is 11.7 Å². The van der Waals surface area contributed by atoms with Crippen LogP contribution in [0.5, 0.6) is 0 Å². The first kappa shape index (κ1) is 9.38. The maximum absolute atomic E-state index is 10.8. The van der Waals surface area contributed by atoms with E-state index in [9.17, 15) is 4.79 Å². The zero-order valence-electron chi connectivity index (χ0n) is 7.50. The van der Waals surface area contributed by atoms with Crippen LogP contribution in [0.3, 0.4) is 0 Å². The van der Waals surface area contributed by atoms with Gasteiger partial charge in [-0.1, -0.05) is 18.2 Å². The number of anilines is 1. The minimum absolute atomic E-state index is 0.205. The highest BCUT2D eigenvalue weighted by atomic mass is 16.2. The van der Waals surface area contributed by atoms with E-state index in [2.05, 4.69) is 10.6 Å². The standard InChI is InChI=1S/C9H13N3O/c1-11-9(13)12-6-7-4-2-3-5-8(7)10/h2-5H,6,10H2,1H3,(H2,11,12,13). The fourth-order valence-electron chi connectivity index (χ4n) is 0.959. The molecule has 1 rings (SSSR count). The summed E-state index contributed by atoms with van der Waals surface area (Å²) in [5.41, 5.74) is 7.29. The van der Waals surface area contributed by atoms with Crippen LogP contribution < -0.4 is 16.4 Å². The Balaban J connectivity index is 2.54. The number of carbonyl (C=O) groups is 1. The van der Waals surface area contributed by atoms with Crippen LogP contribution in [-0.4, -0.2) is 13.1 Å². The van der Waals surface area contributed by atoms with Gasteiger partial charge in [0.05, 0.1) is 0 Å². The van der Waals surface area contributed by atoms with E-state index in [0.717, 1.165) is 5.56 Å². The molecular weight excluding hydrogens is 166 g/mol. The van der Waals surface area contributed by atoms with Crippen molar-refractivity contribution in [3.05, 3.63) is 29.8 Å². The summed E-state index contributed by atoms with van der Waals surface area (Å²) in [6.07, 6.45) is 0. The summed E-state index contributed by atoms with van der Waals surface area (Å²) >= 11 is 0. The average molecular weight is 179 g/mol. The zero-order chi connectivity index (χ0) is 9.68. The summed E-state index contributed by atoms with van der Waals surface area (Å²) in [5.74, 6) is 0. The molecule has 1 aromatic rings. The molecule has 0 radical (unpaired) electrons. The molecule has 0 saturated carbocycles. The molecule has 0 aromatic heterocycles. The minimum atomic E-state index is -0.205. The Bertz CT molecular complexity index is 299. The van der Waals surface area contributed by atoms with Crippen LogP contribution in [0.15, 0.2) is 24.3 Å². The van der Waals surface area contributed by atoms with Crippen LogP contribution in [0.2, 0.25) is 0 Å². The maximum atomic E-state index is 10.8. The third kappa shape index (κ3) is 2.66. The Hall–Kier alpha value is -1.71. The predicted molar refractivity (Wildman–Crippen MR) is 52.1 cm³/mol. The molecule has 0 bridgehead atoms. The molecule has 0 atom stereocenters. The summed E-state index contributed by atoms with van der Waals surface area (Å²) in [6.45, 7) is 0.451. The van der Waals surface area contributed by atoms with Gasteiger partial charge in [-0.25, -0.2) is 4.79 Å². The number of hydrogen-bond acceptors (Lipinski definition) is 2. The Morgan fingerprint density at radius 1 is 1.46 bits per heavy atom. The third-order valence-corrected chi connectivity index (χ3v) is 1.72. The summed E-state index contributed by atoms with van der Waals surface area (Å²) < 4.78 is 0. The van der Waals surface area contributed by atoms with Crippen molar-refractivity contribution in [2.75, 3.05) is 12.8 Å². The van der Waals surface area contributed by atoms with Gasteiger partial charge in [0, 0.05) is 19.3 Å². The Morgan fingerprint density at radius 3 is 2.77 bits per heavy atom. The molecule has 4 nitrogen and oxygen atoms in total. The van der Waals surface area contributed by atoms with Gasteiger partial charge >= 0.3 is 6.03 Å². The SMILES string of the molecule is CNC(=O)NCc1ccccc1N. The number of nitrogens with two attached hydrogens (primary N) is 1. The van der Waals surface area contributed by atoms with Gasteiger partial charge in [0.1, 0.15) is 0 Å². The fraction of sp³-hybridized carbons (Fsp3) is 0.222. The fourth-order valence-corrected chi connectivity index (χ4v) is 0.959. The molecule has 0 fully saturated rings. The molecule has 4 N–H and O–H groups in total. The molecule has 70 valence electrons. The van der Waals surface area contributed by atoms with Crippen molar-refractivity contribution in [3.63, 3.8) is 0 Å². The summed E-state index contributed by atoms with van der Waals surface area (Å²) in [4.78, 5) is 10.8. The number of urea groups is 1. The Kier molecular flexibility index (Phi) is 3.14. The molecule has 0 heterocycles. The molecule has 0 aliphatic heterocycles. The number of hydrogen-bond donors (Lipinski definition) is 3. The number of carbonyl (C=O) groups excluding carboxylic acids is 1. The predicted octanol–water partition coefficient (Wildman–Crippen LogP) is 0.698. The van der Waals surface area contributed by atoms with Gasteiger partial charge in [-0.05, 0) is 11.6 Å². The van der Waals surface area contributed by atoms with E-state index in [1.807, 2.05) is 18.2 Å². The van der Waals surface area contributed by atoms with Crippen LogP contribution >= 0.6 is 0 Å². The molecule has 0 aliphatic carbocycles. The Morgan fingerprint density at radius 2 is 2.15 bits per heavy atom.